The lowest BCUT2D eigenvalue weighted by Gasteiger charge is -2.08. The molecule has 3 N–H and O–H groups in total. The van der Waals surface area contributed by atoms with Gasteiger partial charge in [-0.25, -0.2) is 4.98 Å². The number of aromatic amines is 1. The smallest absolute Gasteiger partial charge is 0.275 e. The second-order valence-corrected chi connectivity index (χ2v) is 5.63. The molecule has 3 aromatic heterocycles. The Morgan fingerprint density at radius 1 is 1.57 bits per heavy atom. The van der Waals surface area contributed by atoms with Crippen LogP contribution in [-0.4, -0.2) is 21.1 Å². The first-order chi connectivity index (χ1) is 10.2. The maximum atomic E-state index is 12.1. The molecule has 0 bridgehead atoms. The van der Waals surface area contributed by atoms with Crippen LogP contribution in [0.2, 0.25) is 5.02 Å². The molecule has 3 heterocycles. The molecule has 0 aliphatic carbocycles. The molecular weight excluding hydrogens is 310 g/mol. The first kappa shape index (κ1) is 13.8. The van der Waals surface area contributed by atoms with Gasteiger partial charge in [0.1, 0.15) is 22.7 Å². The molecule has 0 unspecified atom stereocenters. The molecule has 3 rings (SSSR count). The Morgan fingerprint density at radius 2 is 2.38 bits per heavy atom. The average molecular weight is 320 g/mol. The van der Waals surface area contributed by atoms with Gasteiger partial charge in [-0.3, -0.25) is 4.79 Å². The number of aromatic nitrogens is 3. The molecule has 0 aliphatic heterocycles. The third-order valence-corrected chi connectivity index (χ3v) is 4.49. The second kappa shape index (κ2) is 5.33. The van der Waals surface area contributed by atoms with Gasteiger partial charge < -0.3 is 15.3 Å². The van der Waals surface area contributed by atoms with Gasteiger partial charge in [0.25, 0.3) is 5.56 Å². The van der Waals surface area contributed by atoms with Crippen LogP contribution in [0.1, 0.15) is 5.56 Å². The minimum Gasteiger partial charge on any atom is -0.332 e. The van der Waals surface area contributed by atoms with Gasteiger partial charge in [-0.15, -0.1) is 11.3 Å². The van der Waals surface area contributed by atoms with Crippen LogP contribution >= 0.6 is 22.9 Å². The monoisotopic (exact) mass is 319 g/mol. The molecule has 0 atom stereocenters. The number of hydrogen-bond donors (Lipinski definition) is 2. The number of nitrogens with two attached hydrogens (primary N) is 1. The molecule has 0 amide bonds. The minimum absolute atomic E-state index is 0.302. The van der Waals surface area contributed by atoms with E-state index in [4.69, 9.17) is 17.3 Å². The number of nitrogens with one attached hydrogen (secondary N) is 1. The topological polar surface area (TPSA) is 100 Å². The van der Waals surface area contributed by atoms with Crippen LogP contribution in [-0.2, 0) is 6.54 Å². The summed E-state index contributed by atoms with van der Waals surface area (Å²) in [6.45, 7) is 0.732. The van der Waals surface area contributed by atoms with E-state index in [1.54, 1.807) is 10.6 Å². The van der Waals surface area contributed by atoms with Gasteiger partial charge in [0.2, 0.25) is 0 Å². The Bertz CT molecular complexity index is 917. The molecule has 0 spiro atoms. The van der Waals surface area contributed by atoms with Gasteiger partial charge >= 0.3 is 0 Å². The van der Waals surface area contributed by atoms with E-state index in [-0.39, 0.29) is 5.56 Å². The van der Waals surface area contributed by atoms with Crippen molar-refractivity contribution in [2.45, 2.75) is 6.54 Å². The first-order valence-corrected chi connectivity index (χ1v) is 7.38. The lowest BCUT2D eigenvalue weighted by molar-refractivity contribution is 0.738. The standard InChI is InChI=1S/C13H10ClN5OS/c14-8-1-4-21-12(8)10-7(5-16)9-11(19(10)3-2-15)13(20)18-6-17-9/h1,4,6H,2-3,15H2,(H,17,18,20). The number of nitrogens with zero attached hydrogens (tertiary/aromatic N) is 3. The number of fused-ring (bicyclic) bond motifs is 1. The normalized spacial score (nSPS) is 10.9. The lowest BCUT2D eigenvalue weighted by Crippen LogP contribution is -2.16. The highest BCUT2D eigenvalue weighted by atomic mass is 35.5. The molecule has 6 nitrogen and oxygen atoms in total. The lowest BCUT2D eigenvalue weighted by atomic mass is 10.2. The molecule has 3 aromatic rings. The Kier molecular flexibility index (Phi) is 3.51. The van der Waals surface area contributed by atoms with Crippen molar-refractivity contribution in [1.82, 2.24) is 14.5 Å². The number of H-pyrrole nitrogens is 1. The molecule has 106 valence electrons. The van der Waals surface area contributed by atoms with E-state index < -0.39 is 0 Å². The van der Waals surface area contributed by atoms with Gasteiger partial charge in [0.05, 0.1) is 21.9 Å². The van der Waals surface area contributed by atoms with Gasteiger partial charge in [0.15, 0.2) is 0 Å². The molecule has 21 heavy (non-hydrogen) atoms. The van der Waals surface area contributed by atoms with Gasteiger partial charge in [0, 0.05) is 13.1 Å². The fourth-order valence-corrected chi connectivity index (χ4v) is 3.55. The van der Waals surface area contributed by atoms with Crippen molar-refractivity contribution in [3.63, 3.8) is 0 Å². The van der Waals surface area contributed by atoms with E-state index in [2.05, 4.69) is 16.0 Å². The Labute approximate surface area is 128 Å². The Morgan fingerprint density at radius 3 is 3.00 bits per heavy atom. The highest BCUT2D eigenvalue weighted by Crippen LogP contribution is 2.38. The highest BCUT2D eigenvalue weighted by molar-refractivity contribution is 7.14. The summed E-state index contributed by atoms with van der Waals surface area (Å²) in [7, 11) is 0. The third-order valence-electron chi connectivity index (χ3n) is 3.14. The van der Waals surface area contributed by atoms with Crippen LogP contribution in [0.15, 0.2) is 22.6 Å². The van der Waals surface area contributed by atoms with Crippen molar-refractivity contribution in [2.75, 3.05) is 6.54 Å². The van der Waals surface area contributed by atoms with Crippen LogP contribution in [0.3, 0.4) is 0 Å². The first-order valence-electron chi connectivity index (χ1n) is 6.12. The van der Waals surface area contributed by atoms with E-state index >= 15 is 0 Å². The van der Waals surface area contributed by atoms with Crippen molar-refractivity contribution in [3.05, 3.63) is 38.7 Å². The molecular formula is C13H10ClN5OS. The van der Waals surface area contributed by atoms with E-state index in [0.29, 0.717) is 40.4 Å². The van der Waals surface area contributed by atoms with Crippen LogP contribution < -0.4 is 11.3 Å². The van der Waals surface area contributed by atoms with E-state index in [1.807, 2.05) is 5.38 Å². The van der Waals surface area contributed by atoms with Crippen LogP contribution in [0.25, 0.3) is 21.6 Å². The summed E-state index contributed by atoms with van der Waals surface area (Å²) >= 11 is 7.60. The summed E-state index contributed by atoms with van der Waals surface area (Å²) < 4.78 is 1.72. The zero-order valence-corrected chi connectivity index (χ0v) is 12.3. The van der Waals surface area contributed by atoms with E-state index in [9.17, 15) is 10.1 Å². The number of nitriles is 1. The van der Waals surface area contributed by atoms with E-state index in [0.717, 1.165) is 4.88 Å². The van der Waals surface area contributed by atoms with Gasteiger partial charge in [-0.05, 0) is 11.4 Å². The molecule has 0 saturated carbocycles. The maximum absolute atomic E-state index is 12.1. The quantitative estimate of drug-likeness (QED) is 0.770. The zero-order valence-electron chi connectivity index (χ0n) is 10.8. The summed E-state index contributed by atoms with van der Waals surface area (Å²) in [5.41, 5.74) is 7.00. The number of halogens is 1. The fraction of sp³-hybridized carbons (Fsp3) is 0.154. The second-order valence-electron chi connectivity index (χ2n) is 4.30. The van der Waals surface area contributed by atoms with Crippen molar-refractivity contribution in [1.29, 1.82) is 5.26 Å². The summed E-state index contributed by atoms with van der Waals surface area (Å²) in [6, 6.07) is 3.89. The molecule has 0 fully saturated rings. The molecule has 0 saturated heterocycles. The van der Waals surface area contributed by atoms with Crippen molar-refractivity contribution < 1.29 is 0 Å². The summed E-state index contributed by atoms with van der Waals surface area (Å²) in [4.78, 5) is 19.5. The zero-order chi connectivity index (χ0) is 15.0. The van der Waals surface area contributed by atoms with Crippen molar-refractivity contribution in [2.24, 2.45) is 5.73 Å². The van der Waals surface area contributed by atoms with Gasteiger partial charge in [-0.2, -0.15) is 5.26 Å². The third kappa shape index (κ3) is 2.05. The molecule has 0 radical (unpaired) electrons. The van der Waals surface area contributed by atoms with Crippen LogP contribution in [0.4, 0.5) is 0 Å². The number of hydrogen-bond acceptors (Lipinski definition) is 5. The fourth-order valence-electron chi connectivity index (χ4n) is 2.34. The Hall–Kier alpha value is -2.14. The minimum atomic E-state index is -0.302. The predicted molar refractivity (Wildman–Crippen MR) is 82.4 cm³/mol. The highest BCUT2D eigenvalue weighted by Gasteiger charge is 2.23. The molecule has 0 aromatic carbocycles. The Balaban J connectivity index is 2.51. The van der Waals surface area contributed by atoms with E-state index in [1.165, 1.54) is 17.7 Å². The largest absolute Gasteiger partial charge is 0.332 e. The van der Waals surface area contributed by atoms with Crippen molar-refractivity contribution >= 4 is 34.0 Å². The van der Waals surface area contributed by atoms with Crippen LogP contribution in [0, 0.1) is 11.3 Å². The summed E-state index contributed by atoms with van der Waals surface area (Å²) in [6.07, 6.45) is 1.29. The van der Waals surface area contributed by atoms with Crippen LogP contribution in [0.5, 0.6) is 0 Å². The number of rotatable bonds is 3. The summed E-state index contributed by atoms with van der Waals surface area (Å²) in [5, 5.41) is 11.9. The van der Waals surface area contributed by atoms with Gasteiger partial charge in [-0.1, -0.05) is 11.6 Å². The SMILES string of the molecule is N#Cc1c(-c2sccc2Cl)n(CCN)c2c(=O)[nH]cnc12. The average Bonchev–Trinajstić information content (AvgIpc) is 3.01. The predicted octanol–water partition coefficient (Wildman–Crippen LogP) is 1.94. The maximum Gasteiger partial charge on any atom is 0.275 e. The number of thiophene rings is 1. The van der Waals surface area contributed by atoms with Crippen molar-refractivity contribution in [3.8, 4) is 16.6 Å². The molecule has 8 heteroatoms. The summed E-state index contributed by atoms with van der Waals surface area (Å²) in [5.74, 6) is 0. The molecule has 0 aliphatic rings.